The lowest BCUT2D eigenvalue weighted by atomic mass is 10.0. The van der Waals surface area contributed by atoms with Crippen molar-refractivity contribution in [1.82, 2.24) is 10.2 Å². The molecule has 0 saturated heterocycles. The number of hydrogen-bond acceptors (Lipinski definition) is 6. The van der Waals surface area contributed by atoms with E-state index in [2.05, 4.69) is 5.32 Å². The number of rotatable bonds is 10. The van der Waals surface area contributed by atoms with Crippen LogP contribution in [-0.4, -0.2) is 54.4 Å². The fourth-order valence-electron chi connectivity index (χ4n) is 3.76. The maximum Gasteiger partial charge on any atom is 0.271 e. The predicted molar refractivity (Wildman–Crippen MR) is 139 cm³/mol. The molecule has 0 fully saturated rings. The Balaban J connectivity index is 2.50. The minimum Gasteiger partial charge on any atom is -0.350 e. The highest BCUT2D eigenvalue weighted by atomic mass is 32.2. The lowest BCUT2D eigenvalue weighted by Crippen LogP contribution is -2.55. The van der Waals surface area contributed by atoms with E-state index in [4.69, 9.17) is 0 Å². The molecule has 0 spiro atoms. The Bertz CT molecular complexity index is 1220. The fraction of sp³-hybridized carbons (Fsp3) is 0.440. The van der Waals surface area contributed by atoms with Crippen molar-refractivity contribution < 1.29 is 22.9 Å². The summed E-state index contributed by atoms with van der Waals surface area (Å²) in [5.74, 6) is -0.961. The van der Waals surface area contributed by atoms with Crippen LogP contribution < -0.4 is 9.62 Å². The van der Waals surface area contributed by atoms with Gasteiger partial charge in [0.15, 0.2) is 0 Å². The SMILES string of the molecule is CCC(C(=O)NC(C)(C)C)N(Cc1cccc(C)c1)C(=O)CN(c1cccc([N+](=O)[O-])c1)S(C)(=O)=O. The van der Waals surface area contributed by atoms with Crippen LogP contribution in [0.25, 0.3) is 0 Å². The van der Waals surface area contributed by atoms with Gasteiger partial charge in [-0.15, -0.1) is 0 Å². The number of non-ortho nitro benzene ring substituents is 1. The van der Waals surface area contributed by atoms with Gasteiger partial charge in [0, 0.05) is 24.2 Å². The predicted octanol–water partition coefficient (Wildman–Crippen LogP) is 3.39. The average Bonchev–Trinajstić information content (AvgIpc) is 2.75. The maximum absolute atomic E-state index is 13.7. The molecule has 0 aromatic heterocycles. The maximum atomic E-state index is 13.7. The third-order valence-electron chi connectivity index (χ3n) is 5.33. The number of amides is 2. The quantitative estimate of drug-likeness (QED) is 0.379. The summed E-state index contributed by atoms with van der Waals surface area (Å²) >= 11 is 0. The molecule has 0 aliphatic rings. The molecule has 0 saturated carbocycles. The third-order valence-corrected chi connectivity index (χ3v) is 6.47. The van der Waals surface area contributed by atoms with Crippen LogP contribution in [0.2, 0.25) is 0 Å². The van der Waals surface area contributed by atoms with Crippen LogP contribution in [0.3, 0.4) is 0 Å². The monoisotopic (exact) mass is 518 g/mol. The van der Waals surface area contributed by atoms with Crippen LogP contribution >= 0.6 is 0 Å². The molecule has 2 aromatic rings. The number of carbonyl (C=O) groups is 2. The zero-order valence-corrected chi connectivity index (χ0v) is 22.3. The third kappa shape index (κ3) is 8.04. The van der Waals surface area contributed by atoms with E-state index >= 15 is 0 Å². The smallest absolute Gasteiger partial charge is 0.271 e. The van der Waals surface area contributed by atoms with Crippen molar-refractivity contribution in [2.45, 2.75) is 59.2 Å². The van der Waals surface area contributed by atoms with Crippen LogP contribution in [0.1, 0.15) is 45.2 Å². The zero-order valence-electron chi connectivity index (χ0n) is 21.5. The summed E-state index contributed by atoms with van der Waals surface area (Å²) in [6, 6.07) is 11.7. The zero-order chi connectivity index (χ0) is 27.3. The molecule has 1 N–H and O–H groups in total. The molecule has 36 heavy (non-hydrogen) atoms. The van der Waals surface area contributed by atoms with Crippen molar-refractivity contribution in [2.24, 2.45) is 0 Å². The highest BCUT2D eigenvalue weighted by molar-refractivity contribution is 7.92. The second kappa shape index (κ2) is 11.5. The summed E-state index contributed by atoms with van der Waals surface area (Å²) in [5, 5.41) is 14.1. The number of anilines is 1. The van der Waals surface area contributed by atoms with E-state index in [1.54, 1.807) is 6.92 Å². The van der Waals surface area contributed by atoms with Gasteiger partial charge in [-0.25, -0.2) is 8.42 Å². The summed E-state index contributed by atoms with van der Waals surface area (Å²) in [5.41, 5.74) is 0.904. The van der Waals surface area contributed by atoms with Crippen LogP contribution in [-0.2, 0) is 26.2 Å². The van der Waals surface area contributed by atoms with Crippen LogP contribution in [0.4, 0.5) is 11.4 Å². The van der Waals surface area contributed by atoms with E-state index < -0.39 is 39.0 Å². The van der Waals surface area contributed by atoms with E-state index in [0.717, 1.165) is 27.8 Å². The lowest BCUT2D eigenvalue weighted by Gasteiger charge is -2.34. The van der Waals surface area contributed by atoms with Gasteiger partial charge in [0.2, 0.25) is 21.8 Å². The Morgan fingerprint density at radius 1 is 1.11 bits per heavy atom. The van der Waals surface area contributed by atoms with Gasteiger partial charge in [-0.05, 0) is 45.7 Å². The second-order valence-electron chi connectivity index (χ2n) is 9.72. The topological polar surface area (TPSA) is 130 Å². The van der Waals surface area contributed by atoms with Crippen LogP contribution in [0.5, 0.6) is 0 Å². The first-order chi connectivity index (χ1) is 16.6. The van der Waals surface area contributed by atoms with Gasteiger partial charge in [-0.1, -0.05) is 42.8 Å². The van der Waals surface area contributed by atoms with Crippen molar-refractivity contribution in [3.63, 3.8) is 0 Å². The minimum atomic E-state index is -3.99. The fourth-order valence-corrected chi connectivity index (χ4v) is 4.60. The molecule has 0 aliphatic carbocycles. The molecule has 11 heteroatoms. The first kappa shape index (κ1) is 28.8. The summed E-state index contributed by atoms with van der Waals surface area (Å²) in [7, 11) is -3.99. The Kier molecular flexibility index (Phi) is 9.20. The standard InChI is InChI=1S/C25H34N4O6S/c1-7-22(24(31)26-25(3,4)5)27(16-19-11-8-10-18(2)14-19)23(30)17-28(36(6,34)35)20-12-9-13-21(15-20)29(32)33/h8-15,22H,7,16-17H2,1-6H3,(H,26,31). The Morgan fingerprint density at radius 3 is 2.28 bits per heavy atom. The Hall–Kier alpha value is -3.47. The molecule has 0 heterocycles. The molecule has 10 nitrogen and oxygen atoms in total. The molecule has 196 valence electrons. The number of benzene rings is 2. The van der Waals surface area contributed by atoms with Crippen molar-refractivity contribution >= 4 is 33.2 Å². The van der Waals surface area contributed by atoms with Gasteiger partial charge in [0.1, 0.15) is 12.6 Å². The van der Waals surface area contributed by atoms with Crippen molar-refractivity contribution in [3.8, 4) is 0 Å². The van der Waals surface area contributed by atoms with Gasteiger partial charge >= 0.3 is 0 Å². The van der Waals surface area contributed by atoms with Gasteiger partial charge in [0.25, 0.3) is 5.69 Å². The molecule has 2 rings (SSSR count). The van der Waals surface area contributed by atoms with Gasteiger partial charge in [0.05, 0.1) is 16.9 Å². The Labute approximate surface area is 212 Å². The number of sulfonamides is 1. The first-order valence-electron chi connectivity index (χ1n) is 11.5. The molecule has 0 aliphatic heterocycles. The van der Waals surface area contributed by atoms with Crippen LogP contribution in [0.15, 0.2) is 48.5 Å². The number of carbonyl (C=O) groups excluding carboxylic acids is 2. The second-order valence-corrected chi connectivity index (χ2v) is 11.6. The van der Waals surface area contributed by atoms with E-state index in [9.17, 15) is 28.1 Å². The number of aryl methyl sites for hydroxylation is 1. The molecule has 1 unspecified atom stereocenters. The molecular weight excluding hydrogens is 484 g/mol. The number of nitro groups is 1. The summed E-state index contributed by atoms with van der Waals surface area (Å²) in [6.45, 7) is 8.65. The summed E-state index contributed by atoms with van der Waals surface area (Å²) < 4.78 is 26.1. The molecular formula is C25H34N4O6S. The van der Waals surface area contributed by atoms with Crippen LogP contribution in [0, 0.1) is 17.0 Å². The van der Waals surface area contributed by atoms with E-state index in [0.29, 0.717) is 6.42 Å². The van der Waals surface area contributed by atoms with Crippen molar-refractivity contribution in [2.75, 3.05) is 17.1 Å². The highest BCUT2D eigenvalue weighted by Gasteiger charge is 2.33. The van der Waals surface area contributed by atoms with E-state index in [1.807, 2.05) is 52.0 Å². The minimum absolute atomic E-state index is 0.0113. The van der Waals surface area contributed by atoms with Gasteiger partial charge in [-0.3, -0.25) is 24.0 Å². The lowest BCUT2D eigenvalue weighted by molar-refractivity contribution is -0.384. The normalized spacial score (nSPS) is 12.5. The van der Waals surface area contributed by atoms with E-state index in [-0.39, 0.29) is 23.8 Å². The Morgan fingerprint density at radius 2 is 1.75 bits per heavy atom. The number of nitrogens with zero attached hydrogens (tertiary/aromatic N) is 3. The molecule has 2 aromatic carbocycles. The number of nitrogens with one attached hydrogen (secondary N) is 1. The highest BCUT2D eigenvalue weighted by Crippen LogP contribution is 2.24. The van der Waals surface area contributed by atoms with E-state index in [1.165, 1.54) is 23.1 Å². The van der Waals surface area contributed by atoms with Crippen molar-refractivity contribution in [3.05, 3.63) is 69.8 Å². The van der Waals surface area contributed by atoms with Crippen molar-refractivity contribution in [1.29, 1.82) is 0 Å². The molecule has 0 radical (unpaired) electrons. The average molecular weight is 519 g/mol. The number of nitro benzene ring substituents is 1. The molecule has 2 amide bonds. The van der Waals surface area contributed by atoms with Gasteiger partial charge < -0.3 is 10.2 Å². The first-order valence-corrected chi connectivity index (χ1v) is 13.4. The van der Waals surface area contributed by atoms with Gasteiger partial charge in [-0.2, -0.15) is 0 Å². The summed E-state index contributed by atoms with van der Waals surface area (Å²) in [6.07, 6.45) is 1.22. The summed E-state index contributed by atoms with van der Waals surface area (Å²) in [4.78, 5) is 38.8. The number of hydrogen-bond donors (Lipinski definition) is 1. The molecule has 0 bridgehead atoms. The largest absolute Gasteiger partial charge is 0.350 e. The molecule has 1 atom stereocenters.